The third-order valence-corrected chi connectivity index (χ3v) is 2.66. The number of hydrogen-bond donors (Lipinski definition) is 2. The summed E-state index contributed by atoms with van der Waals surface area (Å²) in [5.41, 5.74) is 5.79. The van der Waals surface area contributed by atoms with Crippen molar-refractivity contribution in [2.24, 2.45) is 5.73 Å². The molecule has 0 spiro atoms. The summed E-state index contributed by atoms with van der Waals surface area (Å²) < 4.78 is 39.5. The van der Waals surface area contributed by atoms with E-state index >= 15 is 0 Å². The molecule has 1 aliphatic carbocycles. The standard InChI is InChI=1S/C10H17F3N2O2/c11-10(12,13)6-17-5-9(16)15-8-4-2-1-3-7(8)14/h7-8H,1-6,14H2,(H,15,16). The molecule has 0 aliphatic heterocycles. The molecule has 1 rings (SSSR count). The zero-order chi connectivity index (χ0) is 12.9. The van der Waals surface area contributed by atoms with Crippen molar-refractivity contribution in [3.63, 3.8) is 0 Å². The SMILES string of the molecule is NC1CCCCC1NC(=O)COCC(F)(F)F. The Morgan fingerprint density at radius 2 is 2.00 bits per heavy atom. The third kappa shape index (κ3) is 5.88. The Morgan fingerprint density at radius 1 is 1.35 bits per heavy atom. The molecule has 3 N–H and O–H groups in total. The van der Waals surface area contributed by atoms with Gasteiger partial charge in [-0.1, -0.05) is 12.8 Å². The Kier molecular flexibility index (Phi) is 5.20. The number of ether oxygens (including phenoxy) is 1. The number of halogens is 3. The highest BCUT2D eigenvalue weighted by Crippen LogP contribution is 2.17. The molecule has 7 heteroatoms. The maximum atomic E-state index is 11.7. The average molecular weight is 254 g/mol. The molecule has 0 bridgehead atoms. The molecule has 1 aliphatic rings. The quantitative estimate of drug-likeness (QED) is 0.785. The van der Waals surface area contributed by atoms with Gasteiger partial charge in [-0.3, -0.25) is 4.79 Å². The van der Waals surface area contributed by atoms with Gasteiger partial charge in [0, 0.05) is 12.1 Å². The topological polar surface area (TPSA) is 64.3 Å². The number of carbonyl (C=O) groups excluding carboxylic acids is 1. The predicted octanol–water partition coefficient (Wildman–Crippen LogP) is 0.951. The Bertz CT molecular complexity index is 258. The first-order valence-electron chi connectivity index (χ1n) is 5.58. The van der Waals surface area contributed by atoms with Crippen LogP contribution in [0.2, 0.25) is 0 Å². The van der Waals surface area contributed by atoms with Crippen molar-refractivity contribution >= 4 is 5.91 Å². The molecule has 0 saturated heterocycles. The van der Waals surface area contributed by atoms with Gasteiger partial charge in [0.1, 0.15) is 13.2 Å². The van der Waals surface area contributed by atoms with Gasteiger partial charge in [0.25, 0.3) is 0 Å². The second-order valence-electron chi connectivity index (χ2n) is 4.23. The second-order valence-corrected chi connectivity index (χ2v) is 4.23. The summed E-state index contributed by atoms with van der Waals surface area (Å²) in [5.74, 6) is -0.545. The van der Waals surface area contributed by atoms with E-state index in [-0.39, 0.29) is 12.1 Å². The van der Waals surface area contributed by atoms with Crippen LogP contribution in [0.15, 0.2) is 0 Å². The lowest BCUT2D eigenvalue weighted by Crippen LogP contribution is -2.50. The molecular formula is C10H17F3N2O2. The van der Waals surface area contributed by atoms with E-state index in [0.717, 1.165) is 25.7 Å². The van der Waals surface area contributed by atoms with Crippen LogP contribution in [0, 0.1) is 0 Å². The first-order chi connectivity index (χ1) is 7.88. The highest BCUT2D eigenvalue weighted by atomic mass is 19.4. The van der Waals surface area contributed by atoms with Gasteiger partial charge in [-0.05, 0) is 12.8 Å². The van der Waals surface area contributed by atoms with Crippen molar-refractivity contribution in [2.45, 2.75) is 43.9 Å². The van der Waals surface area contributed by atoms with E-state index < -0.39 is 25.3 Å². The first kappa shape index (κ1) is 14.2. The molecule has 0 heterocycles. The van der Waals surface area contributed by atoms with Gasteiger partial charge in [-0.25, -0.2) is 0 Å². The molecule has 0 radical (unpaired) electrons. The largest absolute Gasteiger partial charge is 0.411 e. The summed E-state index contributed by atoms with van der Waals surface area (Å²) in [4.78, 5) is 11.3. The summed E-state index contributed by atoms with van der Waals surface area (Å²) in [6, 6.07) is -0.263. The maximum absolute atomic E-state index is 11.7. The number of amides is 1. The smallest absolute Gasteiger partial charge is 0.362 e. The highest BCUT2D eigenvalue weighted by Gasteiger charge is 2.28. The molecular weight excluding hydrogens is 237 g/mol. The number of carbonyl (C=O) groups is 1. The monoisotopic (exact) mass is 254 g/mol. The number of hydrogen-bond acceptors (Lipinski definition) is 3. The van der Waals surface area contributed by atoms with Crippen LogP contribution in [-0.4, -0.2) is 37.4 Å². The molecule has 0 aromatic heterocycles. The first-order valence-corrected chi connectivity index (χ1v) is 5.58. The summed E-state index contributed by atoms with van der Waals surface area (Å²) in [7, 11) is 0. The minimum Gasteiger partial charge on any atom is -0.362 e. The van der Waals surface area contributed by atoms with E-state index in [1.54, 1.807) is 0 Å². The van der Waals surface area contributed by atoms with Gasteiger partial charge in [0.15, 0.2) is 0 Å². The van der Waals surface area contributed by atoms with Crippen LogP contribution in [-0.2, 0) is 9.53 Å². The van der Waals surface area contributed by atoms with Crippen LogP contribution in [0.4, 0.5) is 13.2 Å². The molecule has 0 aromatic rings. The van der Waals surface area contributed by atoms with Gasteiger partial charge in [0.05, 0.1) is 0 Å². The van der Waals surface area contributed by atoms with Crippen LogP contribution < -0.4 is 11.1 Å². The van der Waals surface area contributed by atoms with Gasteiger partial charge in [0.2, 0.25) is 5.91 Å². The van der Waals surface area contributed by atoms with Crippen molar-refractivity contribution in [1.29, 1.82) is 0 Å². The van der Waals surface area contributed by atoms with Gasteiger partial charge < -0.3 is 15.8 Å². The number of nitrogens with one attached hydrogen (secondary N) is 1. The van der Waals surface area contributed by atoms with Gasteiger partial charge >= 0.3 is 6.18 Å². The maximum Gasteiger partial charge on any atom is 0.411 e. The molecule has 100 valence electrons. The Labute approximate surface area is 97.7 Å². The molecule has 1 amide bonds. The molecule has 2 atom stereocenters. The van der Waals surface area contributed by atoms with Crippen LogP contribution in [0.25, 0.3) is 0 Å². The molecule has 0 aromatic carbocycles. The number of alkyl halides is 3. The van der Waals surface area contributed by atoms with Crippen molar-refractivity contribution < 1.29 is 22.7 Å². The minimum atomic E-state index is -4.40. The van der Waals surface area contributed by atoms with Crippen molar-refractivity contribution in [3.05, 3.63) is 0 Å². The molecule has 2 unspecified atom stereocenters. The second kappa shape index (κ2) is 6.20. The fourth-order valence-corrected chi connectivity index (χ4v) is 1.85. The van der Waals surface area contributed by atoms with Gasteiger partial charge in [-0.2, -0.15) is 13.2 Å². The van der Waals surface area contributed by atoms with Crippen molar-refractivity contribution in [2.75, 3.05) is 13.2 Å². The summed E-state index contributed by atoms with van der Waals surface area (Å²) in [6.07, 6.45) is -0.803. The van der Waals surface area contributed by atoms with E-state index in [1.165, 1.54) is 0 Å². The van der Waals surface area contributed by atoms with E-state index in [9.17, 15) is 18.0 Å². The van der Waals surface area contributed by atoms with E-state index in [0.29, 0.717) is 0 Å². The molecule has 17 heavy (non-hydrogen) atoms. The Balaban J connectivity index is 2.20. The van der Waals surface area contributed by atoms with Crippen LogP contribution in [0.3, 0.4) is 0 Å². The van der Waals surface area contributed by atoms with E-state index in [2.05, 4.69) is 10.1 Å². The van der Waals surface area contributed by atoms with E-state index in [4.69, 9.17) is 5.73 Å². The molecule has 1 fully saturated rings. The predicted molar refractivity (Wildman–Crippen MR) is 55.2 cm³/mol. The van der Waals surface area contributed by atoms with Crippen molar-refractivity contribution in [3.8, 4) is 0 Å². The lowest BCUT2D eigenvalue weighted by Gasteiger charge is -2.29. The number of rotatable bonds is 4. The normalized spacial score (nSPS) is 25.6. The lowest BCUT2D eigenvalue weighted by atomic mass is 9.91. The Morgan fingerprint density at radius 3 is 2.59 bits per heavy atom. The number of nitrogens with two attached hydrogens (primary N) is 1. The molecule has 1 saturated carbocycles. The summed E-state index contributed by atoms with van der Waals surface area (Å²) in [5, 5.41) is 2.60. The van der Waals surface area contributed by atoms with Gasteiger partial charge in [-0.15, -0.1) is 0 Å². The highest BCUT2D eigenvalue weighted by molar-refractivity contribution is 5.77. The molecule has 4 nitrogen and oxygen atoms in total. The van der Waals surface area contributed by atoms with Crippen molar-refractivity contribution in [1.82, 2.24) is 5.32 Å². The zero-order valence-corrected chi connectivity index (χ0v) is 9.43. The summed E-state index contributed by atoms with van der Waals surface area (Å²) >= 11 is 0. The Hall–Kier alpha value is -0.820. The van der Waals surface area contributed by atoms with Crippen LogP contribution in [0.1, 0.15) is 25.7 Å². The lowest BCUT2D eigenvalue weighted by molar-refractivity contribution is -0.175. The average Bonchev–Trinajstić information content (AvgIpc) is 2.19. The third-order valence-electron chi connectivity index (χ3n) is 2.66. The summed E-state index contributed by atoms with van der Waals surface area (Å²) in [6.45, 7) is -1.99. The minimum absolute atomic E-state index is 0.115. The van der Waals surface area contributed by atoms with Crippen LogP contribution in [0.5, 0.6) is 0 Å². The zero-order valence-electron chi connectivity index (χ0n) is 9.43. The van der Waals surface area contributed by atoms with Crippen LogP contribution >= 0.6 is 0 Å². The fraction of sp³-hybridized carbons (Fsp3) is 0.900. The van der Waals surface area contributed by atoms with E-state index in [1.807, 2.05) is 0 Å². The fourth-order valence-electron chi connectivity index (χ4n) is 1.85.